The molecule has 0 radical (unpaired) electrons. The average Bonchev–Trinajstić information content (AvgIpc) is 2.75. The predicted octanol–water partition coefficient (Wildman–Crippen LogP) is 1.96. The first kappa shape index (κ1) is 11.7. The van der Waals surface area contributed by atoms with Gasteiger partial charge in [0.1, 0.15) is 0 Å². The molecule has 2 atom stereocenters. The maximum Gasteiger partial charge on any atom is 0.0221 e. The lowest BCUT2D eigenvalue weighted by atomic mass is 10.1. The molecular weight excluding hydrogens is 204 g/mol. The van der Waals surface area contributed by atoms with Crippen LogP contribution in [0.4, 0.5) is 0 Å². The molecular formula is C12H24N2S. The van der Waals surface area contributed by atoms with Crippen LogP contribution in [-0.4, -0.2) is 48.1 Å². The number of likely N-dealkylation sites (N-methyl/N-ethyl adjacent to an activating group) is 1. The van der Waals surface area contributed by atoms with Gasteiger partial charge in [-0.15, -0.1) is 0 Å². The third-order valence-corrected chi connectivity index (χ3v) is 4.92. The van der Waals surface area contributed by atoms with Crippen molar-refractivity contribution >= 4 is 11.8 Å². The highest BCUT2D eigenvalue weighted by atomic mass is 32.2. The Labute approximate surface area is 98.2 Å². The van der Waals surface area contributed by atoms with Crippen LogP contribution in [0.15, 0.2) is 0 Å². The van der Waals surface area contributed by atoms with E-state index in [1.165, 1.54) is 56.8 Å². The van der Waals surface area contributed by atoms with Crippen LogP contribution in [0.3, 0.4) is 0 Å². The summed E-state index contributed by atoms with van der Waals surface area (Å²) in [6.07, 6.45) is 5.61. The molecule has 88 valence electrons. The molecule has 2 fully saturated rings. The highest BCUT2D eigenvalue weighted by Gasteiger charge is 2.23. The van der Waals surface area contributed by atoms with Crippen LogP contribution in [0.1, 0.15) is 32.6 Å². The van der Waals surface area contributed by atoms with Crippen molar-refractivity contribution in [3.05, 3.63) is 0 Å². The van der Waals surface area contributed by atoms with E-state index >= 15 is 0 Å². The van der Waals surface area contributed by atoms with Crippen molar-refractivity contribution in [1.82, 2.24) is 10.2 Å². The topological polar surface area (TPSA) is 15.3 Å². The number of rotatable bonds is 4. The standard InChI is InChI=1S/C12H24N2S/c1-2-14-7-3-6-12(14)9-13-11-5-4-8-15-10-11/h11-13H,2-10H2,1H3. The van der Waals surface area contributed by atoms with Crippen LogP contribution >= 0.6 is 11.8 Å². The number of nitrogens with zero attached hydrogens (tertiary/aromatic N) is 1. The molecule has 3 heteroatoms. The minimum atomic E-state index is 0.794. The smallest absolute Gasteiger partial charge is 0.0221 e. The Balaban J connectivity index is 1.67. The van der Waals surface area contributed by atoms with Gasteiger partial charge in [0, 0.05) is 24.4 Å². The second-order valence-electron chi connectivity index (χ2n) is 4.75. The van der Waals surface area contributed by atoms with Crippen LogP contribution in [0.25, 0.3) is 0 Å². The maximum atomic E-state index is 3.77. The van der Waals surface area contributed by atoms with E-state index < -0.39 is 0 Å². The quantitative estimate of drug-likeness (QED) is 0.792. The van der Waals surface area contributed by atoms with E-state index in [0.29, 0.717) is 0 Å². The van der Waals surface area contributed by atoms with Gasteiger partial charge >= 0.3 is 0 Å². The largest absolute Gasteiger partial charge is 0.312 e. The lowest BCUT2D eigenvalue weighted by molar-refractivity contribution is 0.254. The fourth-order valence-electron chi connectivity index (χ4n) is 2.75. The molecule has 1 N–H and O–H groups in total. The predicted molar refractivity (Wildman–Crippen MR) is 68.6 cm³/mol. The summed E-state index contributed by atoms with van der Waals surface area (Å²) in [7, 11) is 0. The molecule has 0 aromatic rings. The summed E-state index contributed by atoms with van der Waals surface area (Å²) < 4.78 is 0. The molecule has 2 aliphatic heterocycles. The Hall–Kier alpha value is 0.270. The normalized spacial score (nSPS) is 33.4. The minimum Gasteiger partial charge on any atom is -0.312 e. The van der Waals surface area contributed by atoms with E-state index in [0.717, 1.165) is 12.1 Å². The zero-order valence-corrected chi connectivity index (χ0v) is 10.7. The van der Waals surface area contributed by atoms with E-state index in [-0.39, 0.29) is 0 Å². The van der Waals surface area contributed by atoms with E-state index in [1.54, 1.807) is 0 Å². The van der Waals surface area contributed by atoms with Gasteiger partial charge in [0.15, 0.2) is 0 Å². The molecule has 0 aromatic heterocycles. The first-order chi connectivity index (χ1) is 7.40. The van der Waals surface area contributed by atoms with Crippen LogP contribution in [0.5, 0.6) is 0 Å². The van der Waals surface area contributed by atoms with Crippen molar-refractivity contribution in [2.75, 3.05) is 31.1 Å². The van der Waals surface area contributed by atoms with Gasteiger partial charge in [-0.3, -0.25) is 4.90 Å². The van der Waals surface area contributed by atoms with E-state index in [2.05, 4.69) is 28.9 Å². The third-order valence-electron chi connectivity index (χ3n) is 3.71. The van der Waals surface area contributed by atoms with Gasteiger partial charge < -0.3 is 5.32 Å². The fourth-order valence-corrected chi connectivity index (χ4v) is 3.85. The first-order valence-electron chi connectivity index (χ1n) is 6.45. The van der Waals surface area contributed by atoms with Crippen molar-refractivity contribution in [2.24, 2.45) is 0 Å². The van der Waals surface area contributed by atoms with Gasteiger partial charge in [0.25, 0.3) is 0 Å². The van der Waals surface area contributed by atoms with E-state index in [1.807, 2.05) is 0 Å². The number of nitrogens with one attached hydrogen (secondary N) is 1. The highest BCUT2D eigenvalue weighted by Crippen LogP contribution is 2.19. The number of thioether (sulfide) groups is 1. The molecule has 2 saturated heterocycles. The second-order valence-corrected chi connectivity index (χ2v) is 5.90. The number of likely N-dealkylation sites (tertiary alicyclic amines) is 1. The van der Waals surface area contributed by atoms with Crippen LogP contribution in [0, 0.1) is 0 Å². The molecule has 0 aromatic carbocycles. The van der Waals surface area contributed by atoms with Crippen LogP contribution < -0.4 is 5.32 Å². The maximum absolute atomic E-state index is 3.77. The third kappa shape index (κ3) is 3.36. The zero-order valence-electron chi connectivity index (χ0n) is 9.87. The Morgan fingerprint density at radius 1 is 1.33 bits per heavy atom. The average molecular weight is 228 g/mol. The monoisotopic (exact) mass is 228 g/mol. The summed E-state index contributed by atoms with van der Waals surface area (Å²) in [5.41, 5.74) is 0. The summed E-state index contributed by atoms with van der Waals surface area (Å²) in [6, 6.07) is 1.62. The Kier molecular flexibility index (Phi) is 4.79. The van der Waals surface area contributed by atoms with Gasteiger partial charge in [-0.1, -0.05) is 6.92 Å². The SMILES string of the molecule is CCN1CCCC1CNC1CCCSC1. The Bertz CT molecular complexity index is 180. The summed E-state index contributed by atoms with van der Waals surface area (Å²) in [6.45, 7) is 6.06. The Morgan fingerprint density at radius 3 is 3.00 bits per heavy atom. The second kappa shape index (κ2) is 6.12. The number of hydrogen-bond donors (Lipinski definition) is 1. The van der Waals surface area contributed by atoms with Gasteiger partial charge in [-0.2, -0.15) is 11.8 Å². The first-order valence-corrected chi connectivity index (χ1v) is 7.61. The highest BCUT2D eigenvalue weighted by molar-refractivity contribution is 7.99. The summed E-state index contributed by atoms with van der Waals surface area (Å²) in [5, 5.41) is 3.77. The van der Waals surface area contributed by atoms with Crippen molar-refractivity contribution in [1.29, 1.82) is 0 Å². The molecule has 0 aliphatic carbocycles. The van der Waals surface area contributed by atoms with Crippen LogP contribution in [-0.2, 0) is 0 Å². The molecule has 2 aliphatic rings. The van der Waals surface area contributed by atoms with Gasteiger partial charge in [0.05, 0.1) is 0 Å². The van der Waals surface area contributed by atoms with Crippen LogP contribution in [0.2, 0.25) is 0 Å². The van der Waals surface area contributed by atoms with E-state index in [9.17, 15) is 0 Å². The molecule has 0 saturated carbocycles. The molecule has 15 heavy (non-hydrogen) atoms. The molecule has 2 heterocycles. The summed E-state index contributed by atoms with van der Waals surface area (Å²) >= 11 is 2.12. The molecule has 0 amide bonds. The Morgan fingerprint density at radius 2 is 2.27 bits per heavy atom. The zero-order chi connectivity index (χ0) is 10.5. The molecule has 2 rings (SSSR count). The lowest BCUT2D eigenvalue weighted by Crippen LogP contribution is -2.43. The molecule has 2 unspecified atom stereocenters. The molecule has 0 bridgehead atoms. The lowest BCUT2D eigenvalue weighted by Gasteiger charge is -2.28. The minimum absolute atomic E-state index is 0.794. The van der Waals surface area contributed by atoms with Crippen molar-refractivity contribution < 1.29 is 0 Å². The number of hydrogen-bond acceptors (Lipinski definition) is 3. The van der Waals surface area contributed by atoms with E-state index in [4.69, 9.17) is 0 Å². The van der Waals surface area contributed by atoms with Crippen molar-refractivity contribution in [3.63, 3.8) is 0 Å². The molecule has 2 nitrogen and oxygen atoms in total. The van der Waals surface area contributed by atoms with Crippen molar-refractivity contribution in [3.8, 4) is 0 Å². The summed E-state index contributed by atoms with van der Waals surface area (Å²) in [5.74, 6) is 2.71. The summed E-state index contributed by atoms with van der Waals surface area (Å²) in [4.78, 5) is 2.63. The molecule has 0 spiro atoms. The van der Waals surface area contributed by atoms with Gasteiger partial charge in [0.2, 0.25) is 0 Å². The van der Waals surface area contributed by atoms with Crippen molar-refractivity contribution in [2.45, 2.75) is 44.7 Å². The fraction of sp³-hybridized carbons (Fsp3) is 1.00. The van der Waals surface area contributed by atoms with Gasteiger partial charge in [-0.05, 0) is 44.5 Å². The van der Waals surface area contributed by atoms with Gasteiger partial charge in [-0.25, -0.2) is 0 Å².